The zero-order valence-corrected chi connectivity index (χ0v) is 12.9. The van der Waals surface area contributed by atoms with Gasteiger partial charge in [-0.05, 0) is 37.4 Å². The molecule has 3 nitrogen and oxygen atoms in total. The van der Waals surface area contributed by atoms with E-state index >= 15 is 0 Å². The molecule has 20 heavy (non-hydrogen) atoms. The van der Waals surface area contributed by atoms with Gasteiger partial charge in [-0.15, -0.1) is 0 Å². The predicted octanol–water partition coefficient (Wildman–Crippen LogP) is 2.80. The molecule has 1 aromatic carbocycles. The highest BCUT2D eigenvalue weighted by Gasteiger charge is 2.19. The highest BCUT2D eigenvalue weighted by atomic mass is 16.5. The Hall–Kier alpha value is -0.900. The summed E-state index contributed by atoms with van der Waals surface area (Å²) in [5.74, 6) is 0. The first-order chi connectivity index (χ1) is 9.81. The Balaban J connectivity index is 1.81. The Morgan fingerprint density at radius 1 is 1.20 bits per heavy atom. The average Bonchev–Trinajstić information content (AvgIpc) is 2.48. The molecule has 0 spiro atoms. The lowest BCUT2D eigenvalue weighted by Gasteiger charge is -2.31. The van der Waals surface area contributed by atoms with E-state index in [4.69, 9.17) is 4.74 Å². The van der Waals surface area contributed by atoms with Gasteiger partial charge in [0.05, 0.1) is 6.10 Å². The van der Waals surface area contributed by atoms with E-state index in [1.54, 1.807) is 0 Å². The number of likely N-dealkylation sites (tertiary alicyclic amines) is 1. The predicted molar refractivity (Wildman–Crippen MR) is 83.7 cm³/mol. The third-order valence-electron chi connectivity index (χ3n) is 3.91. The summed E-state index contributed by atoms with van der Waals surface area (Å²) in [4.78, 5) is 2.54. The van der Waals surface area contributed by atoms with Crippen LogP contribution in [0.2, 0.25) is 0 Å². The highest BCUT2D eigenvalue weighted by molar-refractivity contribution is 5.23. The van der Waals surface area contributed by atoms with Gasteiger partial charge in [0.1, 0.15) is 0 Å². The summed E-state index contributed by atoms with van der Waals surface area (Å²) in [6.07, 6.45) is 2.83. The molecule has 112 valence electrons. The molecule has 3 heteroatoms. The van der Waals surface area contributed by atoms with Crippen LogP contribution in [0, 0.1) is 0 Å². The van der Waals surface area contributed by atoms with Crippen LogP contribution in [-0.4, -0.2) is 37.2 Å². The number of nitrogens with zero attached hydrogens (tertiary/aromatic N) is 1. The maximum atomic E-state index is 5.71. The molecule has 1 saturated heterocycles. The summed E-state index contributed by atoms with van der Waals surface area (Å²) in [6, 6.07) is 8.95. The molecule has 0 aromatic heterocycles. The third-order valence-corrected chi connectivity index (χ3v) is 3.91. The molecule has 1 fully saturated rings. The molecule has 0 saturated carbocycles. The molecule has 1 aliphatic rings. The van der Waals surface area contributed by atoms with Crippen molar-refractivity contribution in [1.29, 1.82) is 0 Å². The molecule has 1 aromatic rings. The number of ether oxygens (including phenoxy) is 1. The second-order valence-corrected chi connectivity index (χ2v) is 5.53. The molecule has 0 bridgehead atoms. The Labute approximate surface area is 123 Å². The van der Waals surface area contributed by atoms with Crippen molar-refractivity contribution < 1.29 is 4.74 Å². The van der Waals surface area contributed by atoms with Crippen LogP contribution in [0.1, 0.15) is 37.8 Å². The molecule has 0 amide bonds. The Morgan fingerprint density at radius 2 is 1.95 bits per heavy atom. The lowest BCUT2D eigenvalue weighted by atomic mass is 10.1. The van der Waals surface area contributed by atoms with E-state index in [0.29, 0.717) is 6.10 Å². The van der Waals surface area contributed by atoms with Crippen molar-refractivity contribution in [3.8, 4) is 0 Å². The van der Waals surface area contributed by atoms with Crippen molar-refractivity contribution in [1.82, 2.24) is 10.2 Å². The van der Waals surface area contributed by atoms with Gasteiger partial charge in [0.2, 0.25) is 0 Å². The fraction of sp³-hybridized carbons (Fsp3) is 0.647. The van der Waals surface area contributed by atoms with Crippen molar-refractivity contribution in [2.45, 2.75) is 45.9 Å². The normalized spacial score (nSPS) is 17.5. The zero-order chi connectivity index (χ0) is 14.2. The summed E-state index contributed by atoms with van der Waals surface area (Å²) in [6.45, 7) is 10.4. The van der Waals surface area contributed by atoms with Gasteiger partial charge in [0.15, 0.2) is 0 Å². The SMILES string of the molecule is CCNCc1cccc(CN2CCC(OCC)CC2)c1. The second-order valence-electron chi connectivity index (χ2n) is 5.53. The van der Waals surface area contributed by atoms with Gasteiger partial charge in [-0.2, -0.15) is 0 Å². The Kier molecular flexibility index (Phi) is 6.51. The van der Waals surface area contributed by atoms with Crippen molar-refractivity contribution in [2.24, 2.45) is 0 Å². The Morgan fingerprint density at radius 3 is 2.65 bits per heavy atom. The lowest BCUT2D eigenvalue weighted by Crippen LogP contribution is -2.36. The first-order valence-corrected chi connectivity index (χ1v) is 7.94. The van der Waals surface area contributed by atoms with Gasteiger partial charge in [-0.1, -0.05) is 31.2 Å². The number of hydrogen-bond donors (Lipinski definition) is 1. The summed E-state index contributed by atoms with van der Waals surface area (Å²) < 4.78 is 5.71. The monoisotopic (exact) mass is 276 g/mol. The molecule has 0 aliphatic carbocycles. The van der Waals surface area contributed by atoms with Crippen LogP contribution in [-0.2, 0) is 17.8 Å². The quantitative estimate of drug-likeness (QED) is 0.829. The minimum Gasteiger partial charge on any atom is -0.378 e. The van der Waals surface area contributed by atoms with E-state index in [1.165, 1.54) is 24.0 Å². The number of piperidine rings is 1. The molecular weight excluding hydrogens is 248 g/mol. The number of rotatable bonds is 7. The second kappa shape index (κ2) is 8.40. The molecule has 2 rings (SSSR count). The molecule has 0 atom stereocenters. The van der Waals surface area contributed by atoms with Gasteiger partial charge in [-0.3, -0.25) is 4.90 Å². The van der Waals surface area contributed by atoms with Gasteiger partial charge in [0.25, 0.3) is 0 Å². The zero-order valence-electron chi connectivity index (χ0n) is 12.9. The lowest BCUT2D eigenvalue weighted by molar-refractivity contribution is 0.0125. The largest absolute Gasteiger partial charge is 0.378 e. The maximum absolute atomic E-state index is 5.71. The standard InChI is InChI=1S/C17H28N2O/c1-3-18-13-15-6-5-7-16(12-15)14-19-10-8-17(9-11-19)20-4-2/h5-7,12,17-18H,3-4,8-11,13-14H2,1-2H3. The third kappa shape index (κ3) is 4.89. The summed E-state index contributed by atoms with van der Waals surface area (Å²) >= 11 is 0. The van der Waals surface area contributed by atoms with Crippen LogP contribution < -0.4 is 5.32 Å². The smallest absolute Gasteiger partial charge is 0.0599 e. The number of hydrogen-bond acceptors (Lipinski definition) is 3. The van der Waals surface area contributed by atoms with Crippen molar-refractivity contribution in [3.63, 3.8) is 0 Å². The van der Waals surface area contributed by atoms with Gasteiger partial charge >= 0.3 is 0 Å². The fourth-order valence-corrected chi connectivity index (χ4v) is 2.84. The molecule has 0 radical (unpaired) electrons. The topological polar surface area (TPSA) is 24.5 Å². The molecule has 1 heterocycles. The number of benzene rings is 1. The molecular formula is C17H28N2O. The van der Waals surface area contributed by atoms with Crippen LogP contribution in [0.25, 0.3) is 0 Å². The van der Waals surface area contributed by atoms with E-state index in [2.05, 4.69) is 48.3 Å². The van der Waals surface area contributed by atoms with E-state index in [-0.39, 0.29) is 0 Å². The van der Waals surface area contributed by atoms with Crippen LogP contribution in [0.3, 0.4) is 0 Å². The maximum Gasteiger partial charge on any atom is 0.0599 e. The van der Waals surface area contributed by atoms with Crippen molar-refractivity contribution in [3.05, 3.63) is 35.4 Å². The van der Waals surface area contributed by atoms with Crippen molar-refractivity contribution in [2.75, 3.05) is 26.2 Å². The first kappa shape index (κ1) is 15.5. The van der Waals surface area contributed by atoms with Gasteiger partial charge < -0.3 is 10.1 Å². The molecule has 1 N–H and O–H groups in total. The molecule has 1 aliphatic heterocycles. The van der Waals surface area contributed by atoms with E-state index in [9.17, 15) is 0 Å². The fourth-order valence-electron chi connectivity index (χ4n) is 2.84. The number of nitrogens with one attached hydrogen (secondary N) is 1. The van der Waals surface area contributed by atoms with Crippen LogP contribution >= 0.6 is 0 Å². The Bertz CT molecular complexity index is 386. The minimum absolute atomic E-state index is 0.483. The van der Waals surface area contributed by atoms with Gasteiger partial charge in [0, 0.05) is 32.8 Å². The average molecular weight is 276 g/mol. The van der Waals surface area contributed by atoms with E-state index in [1.807, 2.05) is 0 Å². The van der Waals surface area contributed by atoms with E-state index in [0.717, 1.165) is 39.3 Å². The highest BCUT2D eigenvalue weighted by Crippen LogP contribution is 2.16. The molecule has 0 unspecified atom stereocenters. The van der Waals surface area contributed by atoms with Crippen LogP contribution in [0.5, 0.6) is 0 Å². The summed E-state index contributed by atoms with van der Waals surface area (Å²) in [7, 11) is 0. The van der Waals surface area contributed by atoms with E-state index < -0.39 is 0 Å². The van der Waals surface area contributed by atoms with Crippen LogP contribution in [0.15, 0.2) is 24.3 Å². The summed E-state index contributed by atoms with van der Waals surface area (Å²) in [5.41, 5.74) is 2.81. The van der Waals surface area contributed by atoms with Crippen molar-refractivity contribution >= 4 is 0 Å². The minimum atomic E-state index is 0.483. The van der Waals surface area contributed by atoms with Gasteiger partial charge in [-0.25, -0.2) is 0 Å². The van der Waals surface area contributed by atoms with Crippen LogP contribution in [0.4, 0.5) is 0 Å². The first-order valence-electron chi connectivity index (χ1n) is 7.94. The summed E-state index contributed by atoms with van der Waals surface area (Å²) in [5, 5.41) is 3.39.